The number of hydrogen-bond donors (Lipinski definition) is 1. The molecule has 0 radical (unpaired) electrons. The summed E-state index contributed by atoms with van der Waals surface area (Å²) >= 11 is 0. The summed E-state index contributed by atoms with van der Waals surface area (Å²) in [6.07, 6.45) is 2.99. The fraction of sp³-hybridized carbons (Fsp3) is 0.0556. The van der Waals surface area contributed by atoms with Crippen molar-refractivity contribution in [2.45, 2.75) is 0 Å². The lowest BCUT2D eigenvalue weighted by Crippen LogP contribution is -1.84. The van der Waals surface area contributed by atoms with E-state index in [-0.39, 0.29) is 0 Å². The van der Waals surface area contributed by atoms with Crippen LogP contribution in [0.15, 0.2) is 54.7 Å². The highest BCUT2D eigenvalue weighted by Crippen LogP contribution is 2.36. The van der Waals surface area contributed by atoms with Gasteiger partial charge in [0.1, 0.15) is 0 Å². The first-order chi connectivity index (χ1) is 10.3. The normalized spacial score (nSPS) is 11.3. The van der Waals surface area contributed by atoms with Crippen LogP contribution in [0.5, 0.6) is 0 Å². The highest BCUT2D eigenvalue weighted by molar-refractivity contribution is 6.10. The van der Waals surface area contributed by atoms with E-state index in [1.807, 2.05) is 37.4 Å². The summed E-state index contributed by atoms with van der Waals surface area (Å²) in [5, 5.41) is 2.24. The Balaban J connectivity index is 2.16. The van der Waals surface area contributed by atoms with Crippen LogP contribution in [0.25, 0.3) is 32.9 Å². The van der Waals surface area contributed by atoms with Gasteiger partial charge in [0.15, 0.2) is 6.29 Å². The van der Waals surface area contributed by atoms with Gasteiger partial charge in [-0.2, -0.15) is 0 Å². The zero-order valence-electron chi connectivity index (χ0n) is 11.6. The molecule has 4 aromatic rings. The number of carbonyl (C=O) groups is 1. The van der Waals surface area contributed by atoms with Crippen molar-refractivity contribution in [3.8, 4) is 11.1 Å². The molecule has 0 aliphatic heterocycles. The molecular formula is C18H14N2O. The van der Waals surface area contributed by atoms with E-state index in [9.17, 15) is 4.79 Å². The predicted molar refractivity (Wildman–Crippen MR) is 85.6 cm³/mol. The lowest BCUT2D eigenvalue weighted by molar-refractivity contribution is 0.112. The third kappa shape index (κ3) is 1.64. The number of rotatable bonds is 2. The molecule has 0 bridgehead atoms. The number of aromatic amines is 1. The zero-order chi connectivity index (χ0) is 14.4. The molecule has 2 aromatic heterocycles. The lowest BCUT2D eigenvalue weighted by atomic mass is 10.0. The average Bonchev–Trinajstić information content (AvgIpc) is 3.05. The molecule has 2 heterocycles. The Kier molecular flexibility index (Phi) is 2.48. The summed E-state index contributed by atoms with van der Waals surface area (Å²) in [5.74, 6) is 0. The lowest BCUT2D eigenvalue weighted by Gasteiger charge is -1.99. The maximum Gasteiger partial charge on any atom is 0.166 e. The highest BCUT2D eigenvalue weighted by atomic mass is 16.1. The second-order valence-electron chi connectivity index (χ2n) is 5.25. The standard InChI is InChI=1S/C18H14N2O/c1-20-10-14(12-6-3-5-9-17(12)20)18-13-7-2-4-8-15(13)19-16(18)11-21/h2-11,19H,1H3. The van der Waals surface area contributed by atoms with Gasteiger partial charge in [-0.25, -0.2) is 0 Å². The largest absolute Gasteiger partial charge is 0.352 e. The number of benzene rings is 2. The summed E-state index contributed by atoms with van der Waals surface area (Å²) in [6.45, 7) is 0. The van der Waals surface area contributed by atoms with Crippen molar-refractivity contribution in [2.24, 2.45) is 7.05 Å². The summed E-state index contributed by atoms with van der Waals surface area (Å²) in [7, 11) is 2.03. The van der Waals surface area contributed by atoms with Crippen LogP contribution in [0.2, 0.25) is 0 Å². The first kappa shape index (κ1) is 12.0. The van der Waals surface area contributed by atoms with Crippen molar-refractivity contribution in [1.82, 2.24) is 9.55 Å². The van der Waals surface area contributed by atoms with Gasteiger partial charge in [-0.05, 0) is 12.1 Å². The number of nitrogens with one attached hydrogen (secondary N) is 1. The molecule has 2 aromatic carbocycles. The SMILES string of the molecule is Cn1cc(-c2c(C=O)[nH]c3ccccc23)c2ccccc21. The van der Waals surface area contributed by atoms with Gasteiger partial charge < -0.3 is 9.55 Å². The maximum atomic E-state index is 11.5. The molecule has 0 unspecified atom stereocenters. The van der Waals surface area contributed by atoms with Crippen molar-refractivity contribution in [2.75, 3.05) is 0 Å². The minimum Gasteiger partial charge on any atom is -0.352 e. The molecule has 0 aliphatic carbocycles. The Bertz CT molecular complexity index is 975. The molecule has 21 heavy (non-hydrogen) atoms. The molecule has 1 N–H and O–H groups in total. The van der Waals surface area contributed by atoms with Crippen LogP contribution in [0, 0.1) is 0 Å². The fourth-order valence-electron chi connectivity index (χ4n) is 3.08. The Labute approximate surface area is 121 Å². The number of nitrogens with zero attached hydrogens (tertiary/aromatic N) is 1. The Morgan fingerprint density at radius 1 is 1.00 bits per heavy atom. The number of aromatic nitrogens is 2. The van der Waals surface area contributed by atoms with Crippen LogP contribution < -0.4 is 0 Å². The molecule has 4 rings (SSSR count). The molecule has 0 amide bonds. The minimum absolute atomic E-state index is 0.632. The van der Waals surface area contributed by atoms with E-state index < -0.39 is 0 Å². The van der Waals surface area contributed by atoms with Gasteiger partial charge >= 0.3 is 0 Å². The van der Waals surface area contributed by atoms with E-state index in [0.717, 1.165) is 39.2 Å². The second kappa shape index (κ2) is 4.35. The van der Waals surface area contributed by atoms with Crippen molar-refractivity contribution in [3.05, 3.63) is 60.4 Å². The summed E-state index contributed by atoms with van der Waals surface area (Å²) in [6, 6.07) is 16.3. The second-order valence-corrected chi connectivity index (χ2v) is 5.25. The summed E-state index contributed by atoms with van der Waals surface area (Å²) in [5.41, 5.74) is 4.86. The molecule has 0 saturated heterocycles. The number of H-pyrrole nitrogens is 1. The van der Waals surface area contributed by atoms with E-state index in [1.54, 1.807) is 0 Å². The molecule has 0 spiro atoms. The smallest absolute Gasteiger partial charge is 0.166 e. The quantitative estimate of drug-likeness (QED) is 0.548. The molecular weight excluding hydrogens is 260 g/mol. The van der Waals surface area contributed by atoms with Gasteiger partial charge in [-0.1, -0.05) is 36.4 Å². The summed E-state index contributed by atoms with van der Waals surface area (Å²) in [4.78, 5) is 14.7. The number of para-hydroxylation sites is 2. The van der Waals surface area contributed by atoms with Crippen LogP contribution in [0.1, 0.15) is 10.5 Å². The molecule has 0 atom stereocenters. The van der Waals surface area contributed by atoms with Crippen LogP contribution in [-0.2, 0) is 7.05 Å². The van der Waals surface area contributed by atoms with Crippen LogP contribution in [0.4, 0.5) is 0 Å². The van der Waals surface area contributed by atoms with Gasteiger partial charge in [0, 0.05) is 46.2 Å². The zero-order valence-corrected chi connectivity index (χ0v) is 11.6. The van der Waals surface area contributed by atoms with E-state index in [2.05, 4.69) is 33.9 Å². The first-order valence-electron chi connectivity index (χ1n) is 6.90. The number of fused-ring (bicyclic) bond motifs is 2. The monoisotopic (exact) mass is 274 g/mol. The summed E-state index contributed by atoms with van der Waals surface area (Å²) < 4.78 is 2.10. The Hall–Kier alpha value is -2.81. The fourth-order valence-corrected chi connectivity index (χ4v) is 3.08. The van der Waals surface area contributed by atoms with E-state index in [0.29, 0.717) is 5.69 Å². The molecule has 3 heteroatoms. The van der Waals surface area contributed by atoms with E-state index in [4.69, 9.17) is 0 Å². The molecule has 0 saturated carbocycles. The maximum absolute atomic E-state index is 11.5. The first-order valence-corrected chi connectivity index (χ1v) is 6.90. The Morgan fingerprint density at radius 3 is 2.52 bits per heavy atom. The van der Waals surface area contributed by atoms with Gasteiger partial charge in [0.2, 0.25) is 0 Å². The topological polar surface area (TPSA) is 37.8 Å². The third-order valence-electron chi connectivity index (χ3n) is 4.02. The van der Waals surface area contributed by atoms with Crippen LogP contribution in [0.3, 0.4) is 0 Å². The molecule has 102 valence electrons. The number of aldehydes is 1. The van der Waals surface area contributed by atoms with Gasteiger partial charge in [0.05, 0.1) is 5.69 Å². The van der Waals surface area contributed by atoms with E-state index >= 15 is 0 Å². The average molecular weight is 274 g/mol. The highest BCUT2D eigenvalue weighted by Gasteiger charge is 2.16. The van der Waals surface area contributed by atoms with E-state index in [1.165, 1.54) is 0 Å². The minimum atomic E-state index is 0.632. The predicted octanol–water partition coefficient (Wildman–Crippen LogP) is 4.14. The van der Waals surface area contributed by atoms with Crippen LogP contribution in [-0.4, -0.2) is 15.8 Å². The number of hydrogen-bond acceptors (Lipinski definition) is 1. The van der Waals surface area contributed by atoms with Crippen molar-refractivity contribution in [3.63, 3.8) is 0 Å². The molecule has 0 fully saturated rings. The van der Waals surface area contributed by atoms with Crippen LogP contribution >= 0.6 is 0 Å². The number of carbonyl (C=O) groups excluding carboxylic acids is 1. The van der Waals surface area contributed by atoms with Crippen molar-refractivity contribution < 1.29 is 4.79 Å². The Morgan fingerprint density at radius 2 is 1.71 bits per heavy atom. The molecule has 3 nitrogen and oxygen atoms in total. The number of aryl methyl sites for hydroxylation is 1. The van der Waals surface area contributed by atoms with Crippen molar-refractivity contribution in [1.29, 1.82) is 0 Å². The third-order valence-corrected chi connectivity index (χ3v) is 4.02. The van der Waals surface area contributed by atoms with Gasteiger partial charge in [-0.3, -0.25) is 4.79 Å². The van der Waals surface area contributed by atoms with Gasteiger partial charge in [-0.15, -0.1) is 0 Å². The van der Waals surface area contributed by atoms with Gasteiger partial charge in [0.25, 0.3) is 0 Å². The van der Waals surface area contributed by atoms with Crippen molar-refractivity contribution >= 4 is 28.1 Å². The molecule has 0 aliphatic rings.